The van der Waals surface area contributed by atoms with Crippen LogP contribution in [0.5, 0.6) is 5.75 Å². The summed E-state index contributed by atoms with van der Waals surface area (Å²) in [5.74, 6) is -0.155. The van der Waals surface area contributed by atoms with E-state index in [-0.39, 0.29) is 18.4 Å². The molecule has 23 heavy (non-hydrogen) atoms. The Kier molecular flexibility index (Phi) is 5.84. The van der Waals surface area contributed by atoms with Gasteiger partial charge in [0.15, 0.2) is 6.61 Å². The van der Waals surface area contributed by atoms with Crippen molar-refractivity contribution < 1.29 is 14.3 Å². The van der Waals surface area contributed by atoms with Gasteiger partial charge in [-0.15, -0.1) is 0 Å². The molecule has 2 amide bonds. The van der Waals surface area contributed by atoms with Crippen molar-refractivity contribution in [3.63, 3.8) is 0 Å². The highest BCUT2D eigenvalue weighted by atomic mass is 35.5. The monoisotopic (exact) mass is 352 g/mol. The van der Waals surface area contributed by atoms with E-state index in [1.165, 1.54) is 6.92 Å². The van der Waals surface area contributed by atoms with Gasteiger partial charge in [0.05, 0.1) is 5.02 Å². The summed E-state index contributed by atoms with van der Waals surface area (Å²) in [6.45, 7) is 1.22. The molecule has 0 saturated carbocycles. The number of hydrogen-bond donors (Lipinski definition) is 2. The average Bonchev–Trinajstić information content (AvgIpc) is 2.50. The van der Waals surface area contributed by atoms with Crippen LogP contribution < -0.4 is 15.4 Å². The van der Waals surface area contributed by atoms with Crippen molar-refractivity contribution in [3.8, 4) is 5.75 Å². The van der Waals surface area contributed by atoms with E-state index in [1.54, 1.807) is 42.5 Å². The lowest BCUT2D eigenvalue weighted by atomic mass is 10.2. The predicted molar refractivity (Wildman–Crippen MR) is 91.3 cm³/mol. The Bertz CT molecular complexity index is 718. The van der Waals surface area contributed by atoms with E-state index in [4.69, 9.17) is 27.9 Å². The number of nitrogens with one attached hydrogen (secondary N) is 2. The fourth-order valence-corrected chi connectivity index (χ4v) is 2.10. The molecule has 2 aromatic rings. The predicted octanol–water partition coefficient (Wildman–Crippen LogP) is 3.97. The van der Waals surface area contributed by atoms with E-state index < -0.39 is 0 Å². The summed E-state index contributed by atoms with van der Waals surface area (Å²) < 4.78 is 5.34. The van der Waals surface area contributed by atoms with E-state index in [0.717, 1.165) is 0 Å². The van der Waals surface area contributed by atoms with Crippen molar-refractivity contribution in [3.05, 3.63) is 52.5 Å². The van der Waals surface area contributed by atoms with Gasteiger partial charge in [0.1, 0.15) is 5.75 Å². The summed E-state index contributed by atoms with van der Waals surface area (Å²) in [6, 6.07) is 11.5. The zero-order valence-corrected chi connectivity index (χ0v) is 13.7. The molecule has 2 aromatic carbocycles. The smallest absolute Gasteiger partial charge is 0.262 e. The molecule has 120 valence electrons. The largest absolute Gasteiger partial charge is 0.482 e. The van der Waals surface area contributed by atoms with Gasteiger partial charge < -0.3 is 15.4 Å². The van der Waals surface area contributed by atoms with E-state index >= 15 is 0 Å². The average molecular weight is 353 g/mol. The molecule has 0 heterocycles. The molecular formula is C16H14Cl2N2O3. The number of ether oxygens (including phenoxy) is 1. The van der Waals surface area contributed by atoms with Crippen LogP contribution in [0, 0.1) is 0 Å². The quantitative estimate of drug-likeness (QED) is 0.855. The first kappa shape index (κ1) is 17.1. The van der Waals surface area contributed by atoms with Crippen molar-refractivity contribution in [1.82, 2.24) is 0 Å². The minimum Gasteiger partial charge on any atom is -0.482 e. The molecule has 2 rings (SSSR count). The van der Waals surface area contributed by atoms with Gasteiger partial charge in [-0.05, 0) is 36.4 Å². The molecule has 7 heteroatoms. The third kappa shape index (κ3) is 5.47. The standard InChI is InChI=1S/C16H14Cl2N2O3/c1-10(21)19-12-3-5-13(6-4-12)20-16(22)9-23-15-8-11(17)2-7-14(15)18/h2-8H,9H2,1H3,(H,19,21)(H,20,22). The lowest BCUT2D eigenvalue weighted by Crippen LogP contribution is -2.20. The number of rotatable bonds is 5. The van der Waals surface area contributed by atoms with E-state index in [9.17, 15) is 9.59 Å². The number of halogens is 2. The van der Waals surface area contributed by atoms with Crippen LogP contribution in [0.4, 0.5) is 11.4 Å². The Balaban J connectivity index is 1.89. The molecule has 0 atom stereocenters. The molecule has 0 radical (unpaired) electrons. The van der Waals surface area contributed by atoms with E-state index in [0.29, 0.717) is 27.2 Å². The van der Waals surface area contributed by atoms with Crippen LogP contribution in [-0.2, 0) is 9.59 Å². The van der Waals surface area contributed by atoms with Crippen molar-refractivity contribution in [2.24, 2.45) is 0 Å². The summed E-state index contributed by atoms with van der Waals surface area (Å²) in [5.41, 5.74) is 1.24. The number of amides is 2. The fraction of sp³-hybridized carbons (Fsp3) is 0.125. The minimum atomic E-state index is -0.340. The van der Waals surface area contributed by atoms with Gasteiger partial charge in [-0.2, -0.15) is 0 Å². The molecular weight excluding hydrogens is 339 g/mol. The Morgan fingerprint density at radius 2 is 1.61 bits per heavy atom. The van der Waals surface area contributed by atoms with E-state index in [1.807, 2.05) is 0 Å². The Hall–Kier alpha value is -2.24. The highest BCUT2D eigenvalue weighted by molar-refractivity contribution is 6.34. The Labute approximate surface area is 143 Å². The van der Waals surface area contributed by atoms with Gasteiger partial charge in [0.25, 0.3) is 5.91 Å². The number of carbonyl (C=O) groups is 2. The second-order valence-electron chi connectivity index (χ2n) is 4.67. The zero-order valence-electron chi connectivity index (χ0n) is 12.2. The first-order valence-corrected chi connectivity index (χ1v) is 7.45. The van der Waals surface area contributed by atoms with Gasteiger partial charge in [-0.25, -0.2) is 0 Å². The summed E-state index contributed by atoms with van der Waals surface area (Å²) in [6.07, 6.45) is 0. The Morgan fingerprint density at radius 3 is 2.22 bits per heavy atom. The summed E-state index contributed by atoms with van der Waals surface area (Å²) >= 11 is 11.8. The van der Waals surface area contributed by atoms with Gasteiger partial charge in [0.2, 0.25) is 5.91 Å². The molecule has 0 saturated heterocycles. The highest BCUT2D eigenvalue weighted by Gasteiger charge is 2.07. The molecule has 5 nitrogen and oxygen atoms in total. The lowest BCUT2D eigenvalue weighted by Gasteiger charge is -2.09. The maximum absolute atomic E-state index is 11.9. The first-order valence-electron chi connectivity index (χ1n) is 6.69. The SMILES string of the molecule is CC(=O)Nc1ccc(NC(=O)COc2cc(Cl)ccc2Cl)cc1. The molecule has 0 fully saturated rings. The topological polar surface area (TPSA) is 67.4 Å². The maximum atomic E-state index is 11.9. The van der Waals surface area contributed by atoms with Crippen molar-refractivity contribution in [2.75, 3.05) is 17.2 Å². The fourth-order valence-electron chi connectivity index (χ4n) is 1.77. The van der Waals surface area contributed by atoms with Crippen molar-refractivity contribution in [1.29, 1.82) is 0 Å². The summed E-state index contributed by atoms with van der Waals surface area (Å²) in [7, 11) is 0. The highest BCUT2D eigenvalue weighted by Crippen LogP contribution is 2.27. The molecule has 0 spiro atoms. The molecule has 0 aliphatic rings. The molecule has 0 unspecified atom stereocenters. The molecule has 0 bridgehead atoms. The Morgan fingerprint density at radius 1 is 1.00 bits per heavy atom. The van der Waals surface area contributed by atoms with Gasteiger partial charge in [0, 0.05) is 29.4 Å². The van der Waals surface area contributed by atoms with Crippen molar-refractivity contribution >= 4 is 46.4 Å². The molecule has 2 N–H and O–H groups in total. The van der Waals surface area contributed by atoms with E-state index in [2.05, 4.69) is 10.6 Å². The maximum Gasteiger partial charge on any atom is 0.262 e. The summed E-state index contributed by atoms with van der Waals surface area (Å²) in [5, 5.41) is 6.16. The number of anilines is 2. The molecule has 0 aromatic heterocycles. The van der Waals surface area contributed by atoms with Gasteiger partial charge >= 0.3 is 0 Å². The van der Waals surface area contributed by atoms with Crippen LogP contribution >= 0.6 is 23.2 Å². The minimum absolute atomic E-state index is 0.159. The van der Waals surface area contributed by atoms with Crippen LogP contribution in [0.2, 0.25) is 10.0 Å². The third-order valence-corrected chi connectivity index (χ3v) is 3.29. The van der Waals surface area contributed by atoms with Crippen LogP contribution in [-0.4, -0.2) is 18.4 Å². The van der Waals surface area contributed by atoms with Gasteiger partial charge in [-0.3, -0.25) is 9.59 Å². The second kappa shape index (κ2) is 7.85. The first-order chi connectivity index (χ1) is 10.9. The van der Waals surface area contributed by atoms with Crippen LogP contribution in [0.3, 0.4) is 0 Å². The zero-order chi connectivity index (χ0) is 16.8. The number of benzene rings is 2. The van der Waals surface area contributed by atoms with Crippen LogP contribution in [0.25, 0.3) is 0 Å². The number of hydrogen-bond acceptors (Lipinski definition) is 3. The third-order valence-electron chi connectivity index (χ3n) is 2.74. The van der Waals surface area contributed by atoms with Crippen LogP contribution in [0.15, 0.2) is 42.5 Å². The molecule has 0 aliphatic carbocycles. The van der Waals surface area contributed by atoms with Gasteiger partial charge in [-0.1, -0.05) is 23.2 Å². The van der Waals surface area contributed by atoms with Crippen LogP contribution in [0.1, 0.15) is 6.92 Å². The number of carbonyl (C=O) groups excluding carboxylic acids is 2. The molecule has 0 aliphatic heterocycles. The lowest BCUT2D eigenvalue weighted by molar-refractivity contribution is -0.118. The second-order valence-corrected chi connectivity index (χ2v) is 5.51. The normalized spacial score (nSPS) is 10.0. The van der Waals surface area contributed by atoms with Crippen molar-refractivity contribution in [2.45, 2.75) is 6.92 Å². The summed E-state index contributed by atoms with van der Waals surface area (Å²) in [4.78, 5) is 22.8.